The van der Waals surface area contributed by atoms with Gasteiger partial charge in [-0.15, -0.1) is 17.7 Å². The zero-order valence-corrected chi connectivity index (χ0v) is 44.6. The molecule has 3 aromatic heterocycles. The van der Waals surface area contributed by atoms with E-state index in [-0.39, 0.29) is 43.1 Å². The number of phenols is 1. The van der Waals surface area contributed by atoms with Crippen LogP contribution in [0.2, 0.25) is 0 Å². The topological polar surface area (TPSA) is 64.1 Å². The van der Waals surface area contributed by atoms with Gasteiger partial charge in [0.05, 0.1) is 27.9 Å². The first kappa shape index (κ1) is 48.3. The minimum atomic E-state index is -0.355. The molecular formula is C66H58N3O2Pt-. The molecule has 0 fully saturated rings. The van der Waals surface area contributed by atoms with Crippen molar-refractivity contribution in [2.75, 3.05) is 0 Å². The number of aromatic hydroxyl groups is 1. The minimum Gasteiger partial charge on any atom is -0.507 e. The number of nitrogens with zero attached hydrogens (tertiary/aromatic N) is 3. The molecule has 5 nitrogen and oxygen atoms in total. The van der Waals surface area contributed by atoms with Crippen molar-refractivity contribution in [1.29, 1.82) is 0 Å². The third-order valence-corrected chi connectivity index (χ3v) is 13.9. The van der Waals surface area contributed by atoms with Crippen molar-refractivity contribution in [3.05, 3.63) is 205 Å². The van der Waals surface area contributed by atoms with E-state index in [0.29, 0.717) is 17.0 Å². The van der Waals surface area contributed by atoms with Gasteiger partial charge in [-0.3, -0.25) is 9.55 Å². The molecule has 360 valence electrons. The Kier molecular flexibility index (Phi) is 12.3. The Balaban J connectivity index is 0.00000596. The van der Waals surface area contributed by atoms with E-state index in [2.05, 4.69) is 231 Å². The van der Waals surface area contributed by atoms with Crippen LogP contribution in [0.1, 0.15) is 79.0 Å². The van der Waals surface area contributed by atoms with Crippen LogP contribution in [0.25, 0.3) is 106 Å². The molecule has 72 heavy (non-hydrogen) atoms. The molecule has 8 aromatic carbocycles. The molecule has 0 spiro atoms. The number of para-hydroxylation sites is 2. The number of furan rings is 1. The molecule has 0 aliphatic heterocycles. The first-order valence-electron chi connectivity index (χ1n) is 24.6. The van der Waals surface area contributed by atoms with Crippen molar-refractivity contribution >= 4 is 33.0 Å². The standard InChI is InChI=1S/C66H58N3O2.Pt/c1-64(2,3)46-31-32-57(51(38-46)43-25-17-12-18-26-43)69-58-30-20-27-48(59(58)68-63(69)54-39-47(65(4,5)6)40-55(60(54)70)66(7,8)9)45-35-52-50-29-19-28-49(42-23-15-11-16-24-42)61(50)71-62(52)53(36-45)56-37-44(33-34-67-56)41-21-13-10-14-22-41;/h10-35,37-40,70H,1-9H3;/q-1;. The van der Waals surface area contributed by atoms with Crippen molar-refractivity contribution in [2.24, 2.45) is 0 Å². The van der Waals surface area contributed by atoms with Gasteiger partial charge in [-0.1, -0.05) is 213 Å². The molecule has 0 aliphatic rings. The van der Waals surface area contributed by atoms with E-state index in [1.165, 1.54) is 5.56 Å². The van der Waals surface area contributed by atoms with Crippen molar-refractivity contribution in [3.63, 3.8) is 0 Å². The van der Waals surface area contributed by atoms with E-state index in [1.54, 1.807) is 0 Å². The molecule has 0 atom stereocenters. The molecule has 11 aromatic rings. The first-order chi connectivity index (χ1) is 34.0. The van der Waals surface area contributed by atoms with Gasteiger partial charge in [-0.05, 0) is 85.3 Å². The molecule has 0 unspecified atom stereocenters. The zero-order valence-electron chi connectivity index (χ0n) is 42.3. The van der Waals surface area contributed by atoms with Crippen LogP contribution in [0.15, 0.2) is 187 Å². The van der Waals surface area contributed by atoms with Crippen LogP contribution in [0.3, 0.4) is 0 Å². The fourth-order valence-electron chi connectivity index (χ4n) is 9.98. The Hall–Kier alpha value is -7.33. The third kappa shape index (κ3) is 8.68. The summed E-state index contributed by atoms with van der Waals surface area (Å²) >= 11 is 0. The SMILES string of the molecule is CC(C)(C)c1ccc(-n2c(-c3cc(C(C)(C)C)cc(C(C)(C)C)c3O)nc3c(-c4[c-]c(-c5cc(-c6ccccc6)ccn5)c5oc6c(-c7ccccc7)cccc6c5c4)cccc32)c(-c2ccccc2)c1.[Pt]. The van der Waals surface area contributed by atoms with E-state index in [0.717, 1.165) is 100.0 Å². The number of hydrogen-bond donors (Lipinski definition) is 1. The number of imidazole rings is 1. The molecule has 0 saturated heterocycles. The molecular weight excluding hydrogens is 1060 g/mol. The van der Waals surface area contributed by atoms with Gasteiger partial charge in [0.2, 0.25) is 0 Å². The van der Waals surface area contributed by atoms with Crippen molar-refractivity contribution in [3.8, 4) is 78.6 Å². The first-order valence-corrected chi connectivity index (χ1v) is 24.6. The normalized spacial score (nSPS) is 12.2. The molecule has 0 amide bonds. The largest absolute Gasteiger partial charge is 0.507 e. The molecule has 1 N–H and O–H groups in total. The molecule has 3 heterocycles. The fraction of sp³-hybridized carbons (Fsp3) is 0.182. The summed E-state index contributed by atoms with van der Waals surface area (Å²) in [6, 6.07) is 65.6. The minimum absolute atomic E-state index is 0. The number of fused-ring (bicyclic) bond motifs is 4. The van der Waals surface area contributed by atoms with Crippen LogP contribution in [-0.2, 0) is 37.3 Å². The third-order valence-electron chi connectivity index (χ3n) is 13.9. The van der Waals surface area contributed by atoms with E-state index in [4.69, 9.17) is 14.4 Å². The number of benzene rings is 8. The fourth-order valence-corrected chi connectivity index (χ4v) is 9.98. The maximum Gasteiger partial charge on any atom is 0.148 e. The van der Waals surface area contributed by atoms with E-state index in [1.807, 2.05) is 24.4 Å². The van der Waals surface area contributed by atoms with Crippen LogP contribution in [0.4, 0.5) is 0 Å². The number of hydrogen-bond acceptors (Lipinski definition) is 4. The quantitative estimate of drug-likeness (QED) is 0.162. The van der Waals surface area contributed by atoms with Crippen molar-refractivity contribution in [2.45, 2.75) is 78.6 Å². The molecule has 0 radical (unpaired) electrons. The second-order valence-corrected chi connectivity index (χ2v) is 22.0. The molecule has 6 heteroatoms. The number of rotatable bonds is 7. The molecule has 11 rings (SSSR count). The predicted octanol–water partition coefficient (Wildman–Crippen LogP) is 17.7. The van der Waals surface area contributed by atoms with Gasteiger partial charge in [0.25, 0.3) is 0 Å². The molecule has 0 saturated carbocycles. The Morgan fingerprint density at radius 3 is 1.76 bits per heavy atom. The van der Waals surface area contributed by atoms with Gasteiger partial charge < -0.3 is 9.52 Å². The molecule has 0 aliphatic carbocycles. The van der Waals surface area contributed by atoms with Crippen LogP contribution in [0.5, 0.6) is 5.75 Å². The van der Waals surface area contributed by atoms with Crippen LogP contribution in [-0.4, -0.2) is 19.6 Å². The summed E-state index contributed by atoms with van der Waals surface area (Å²) < 4.78 is 9.32. The Morgan fingerprint density at radius 2 is 1.11 bits per heavy atom. The average Bonchev–Trinajstić information content (AvgIpc) is 3.95. The average molecular weight is 1120 g/mol. The monoisotopic (exact) mass is 1120 g/mol. The Bertz CT molecular complexity index is 3810. The van der Waals surface area contributed by atoms with Gasteiger partial charge in [0, 0.05) is 55.0 Å². The molecule has 0 bridgehead atoms. The second kappa shape index (κ2) is 18.4. The smallest absolute Gasteiger partial charge is 0.148 e. The van der Waals surface area contributed by atoms with Gasteiger partial charge in [-0.2, -0.15) is 0 Å². The van der Waals surface area contributed by atoms with E-state index in [9.17, 15) is 5.11 Å². The Morgan fingerprint density at radius 1 is 0.500 bits per heavy atom. The Labute approximate surface area is 437 Å². The van der Waals surface area contributed by atoms with Crippen LogP contribution >= 0.6 is 0 Å². The summed E-state index contributed by atoms with van der Waals surface area (Å²) in [7, 11) is 0. The van der Waals surface area contributed by atoms with Gasteiger partial charge >= 0.3 is 0 Å². The maximum atomic E-state index is 12.7. The summed E-state index contributed by atoms with van der Waals surface area (Å²) in [5.41, 5.74) is 17.1. The summed E-state index contributed by atoms with van der Waals surface area (Å²) in [4.78, 5) is 10.8. The van der Waals surface area contributed by atoms with Crippen molar-refractivity contribution < 1.29 is 30.6 Å². The number of aromatic nitrogens is 3. The predicted molar refractivity (Wildman–Crippen MR) is 295 cm³/mol. The maximum absolute atomic E-state index is 12.7. The zero-order chi connectivity index (χ0) is 49.4. The summed E-state index contributed by atoms with van der Waals surface area (Å²) in [5.74, 6) is 0.886. The van der Waals surface area contributed by atoms with Crippen molar-refractivity contribution in [1.82, 2.24) is 14.5 Å². The summed E-state index contributed by atoms with van der Waals surface area (Å²) in [6.07, 6.45) is 1.87. The summed E-state index contributed by atoms with van der Waals surface area (Å²) in [5, 5.41) is 14.6. The van der Waals surface area contributed by atoms with Crippen LogP contribution in [0, 0.1) is 6.07 Å². The van der Waals surface area contributed by atoms with E-state index < -0.39 is 0 Å². The van der Waals surface area contributed by atoms with E-state index >= 15 is 0 Å². The number of phenolic OH excluding ortho intramolecular Hbond substituents is 1. The summed E-state index contributed by atoms with van der Waals surface area (Å²) in [6.45, 7) is 19.9. The van der Waals surface area contributed by atoms with Gasteiger partial charge in [0.1, 0.15) is 17.2 Å². The van der Waals surface area contributed by atoms with Gasteiger partial charge in [0.15, 0.2) is 0 Å². The number of pyridine rings is 1. The van der Waals surface area contributed by atoms with Crippen LogP contribution < -0.4 is 0 Å². The van der Waals surface area contributed by atoms with Gasteiger partial charge in [-0.25, -0.2) is 4.98 Å². The second-order valence-electron chi connectivity index (χ2n) is 22.0.